The molecule has 5 nitrogen and oxygen atoms in total. The van der Waals surface area contributed by atoms with E-state index in [1.165, 1.54) is 11.3 Å². The topological polar surface area (TPSA) is 67.4 Å². The van der Waals surface area contributed by atoms with E-state index in [1.54, 1.807) is 25.3 Å². The van der Waals surface area contributed by atoms with E-state index in [0.29, 0.717) is 11.3 Å². The zero-order valence-corrected chi connectivity index (χ0v) is 17.1. The maximum absolute atomic E-state index is 12.8. The van der Waals surface area contributed by atoms with E-state index in [9.17, 15) is 9.59 Å². The number of ether oxygens (including phenoxy) is 1. The third-order valence-corrected chi connectivity index (χ3v) is 5.05. The highest BCUT2D eigenvalue weighted by Gasteiger charge is 2.15. The average molecular weight is 407 g/mol. The van der Waals surface area contributed by atoms with Crippen LogP contribution >= 0.6 is 11.3 Å². The van der Waals surface area contributed by atoms with E-state index in [4.69, 9.17) is 4.74 Å². The van der Waals surface area contributed by atoms with Crippen molar-refractivity contribution < 1.29 is 14.3 Å². The van der Waals surface area contributed by atoms with Gasteiger partial charge in [0.2, 0.25) is 0 Å². The lowest BCUT2D eigenvalue weighted by Crippen LogP contribution is -2.34. The molecule has 0 spiro atoms. The van der Waals surface area contributed by atoms with Crippen LogP contribution in [-0.4, -0.2) is 18.9 Å². The molecule has 0 unspecified atom stereocenters. The van der Waals surface area contributed by atoms with Gasteiger partial charge in [0.15, 0.2) is 0 Å². The number of nitrogens with one attached hydrogen (secondary N) is 2. The first kappa shape index (κ1) is 20.4. The van der Waals surface area contributed by atoms with Crippen molar-refractivity contribution in [2.24, 2.45) is 0 Å². The molecule has 2 amide bonds. The van der Waals surface area contributed by atoms with E-state index in [1.807, 2.05) is 60.8 Å². The third kappa shape index (κ3) is 5.56. The van der Waals surface area contributed by atoms with E-state index in [0.717, 1.165) is 16.0 Å². The average Bonchev–Trinajstić information content (AvgIpc) is 3.24. The van der Waals surface area contributed by atoms with Crippen LogP contribution in [0.5, 0.6) is 5.75 Å². The van der Waals surface area contributed by atoms with Crippen LogP contribution in [0.4, 0.5) is 0 Å². The number of methoxy groups -OCH3 is 1. The maximum Gasteiger partial charge on any atom is 0.268 e. The number of aryl methyl sites for hydroxylation is 1. The SMILES string of the molecule is COc1ccccc1CNC(=O)/C(=C/c1cccs1)NC(=O)c1cccc(C)c1. The van der Waals surface area contributed by atoms with Gasteiger partial charge in [-0.2, -0.15) is 0 Å². The number of hydrogen-bond acceptors (Lipinski definition) is 4. The Kier molecular flexibility index (Phi) is 6.81. The molecule has 0 saturated carbocycles. The van der Waals surface area contributed by atoms with Crippen molar-refractivity contribution >= 4 is 29.2 Å². The highest BCUT2D eigenvalue weighted by molar-refractivity contribution is 7.10. The van der Waals surface area contributed by atoms with E-state index in [-0.39, 0.29) is 24.1 Å². The molecular weight excluding hydrogens is 384 g/mol. The lowest BCUT2D eigenvalue weighted by molar-refractivity contribution is -0.117. The minimum absolute atomic E-state index is 0.189. The zero-order valence-electron chi connectivity index (χ0n) is 16.3. The standard InChI is InChI=1S/C23H22N2O3S/c1-16-7-5-9-17(13-16)22(26)25-20(14-19-10-6-12-29-19)23(27)24-15-18-8-3-4-11-21(18)28-2/h3-14H,15H2,1-2H3,(H,24,27)(H,25,26)/b20-14-. The minimum atomic E-state index is -0.370. The Labute approximate surface area is 174 Å². The molecule has 3 rings (SSSR count). The fourth-order valence-corrected chi connectivity index (χ4v) is 3.43. The van der Waals surface area contributed by atoms with Gasteiger partial charge >= 0.3 is 0 Å². The molecule has 0 radical (unpaired) electrons. The Hall–Kier alpha value is -3.38. The van der Waals surface area contributed by atoms with E-state index in [2.05, 4.69) is 10.6 Å². The lowest BCUT2D eigenvalue weighted by Gasteiger charge is -2.13. The quantitative estimate of drug-likeness (QED) is 0.579. The van der Waals surface area contributed by atoms with Crippen LogP contribution < -0.4 is 15.4 Å². The molecule has 0 aliphatic carbocycles. The molecule has 0 aliphatic rings. The number of carbonyl (C=O) groups excluding carboxylic acids is 2. The smallest absolute Gasteiger partial charge is 0.268 e. The first-order valence-electron chi connectivity index (χ1n) is 9.10. The van der Waals surface area contributed by atoms with E-state index < -0.39 is 0 Å². The first-order valence-corrected chi connectivity index (χ1v) is 9.98. The monoisotopic (exact) mass is 406 g/mol. The summed E-state index contributed by atoms with van der Waals surface area (Å²) in [5.74, 6) is -0.00496. The van der Waals surface area contributed by atoms with Crippen LogP contribution in [0.1, 0.15) is 26.4 Å². The van der Waals surface area contributed by atoms with Gasteiger partial charge in [0.05, 0.1) is 7.11 Å². The van der Waals surface area contributed by atoms with Crippen molar-refractivity contribution in [2.45, 2.75) is 13.5 Å². The highest BCUT2D eigenvalue weighted by atomic mass is 32.1. The van der Waals surface area contributed by atoms with Crippen molar-refractivity contribution in [3.05, 3.63) is 93.3 Å². The predicted octanol–water partition coefficient (Wildman–Crippen LogP) is 4.15. The van der Waals surface area contributed by atoms with Crippen LogP contribution in [0.15, 0.2) is 71.7 Å². The van der Waals surface area contributed by atoms with Crippen molar-refractivity contribution in [1.82, 2.24) is 10.6 Å². The van der Waals surface area contributed by atoms with Crippen LogP contribution in [0.25, 0.3) is 6.08 Å². The van der Waals surface area contributed by atoms with Crippen molar-refractivity contribution in [1.29, 1.82) is 0 Å². The van der Waals surface area contributed by atoms with Gasteiger partial charge in [-0.15, -0.1) is 11.3 Å². The summed E-state index contributed by atoms with van der Waals surface area (Å²) >= 11 is 1.49. The van der Waals surface area contributed by atoms with Gasteiger partial charge in [0.25, 0.3) is 11.8 Å². The molecular formula is C23H22N2O3S. The molecule has 29 heavy (non-hydrogen) atoms. The largest absolute Gasteiger partial charge is 0.496 e. The second-order valence-electron chi connectivity index (χ2n) is 6.39. The number of carbonyl (C=O) groups is 2. The zero-order chi connectivity index (χ0) is 20.6. The van der Waals surface area contributed by atoms with Crippen molar-refractivity contribution in [2.75, 3.05) is 7.11 Å². The number of benzene rings is 2. The Morgan fingerprint density at radius 2 is 1.90 bits per heavy atom. The summed E-state index contributed by atoms with van der Waals surface area (Å²) in [7, 11) is 1.59. The molecule has 0 fully saturated rings. The van der Waals surface area contributed by atoms with E-state index >= 15 is 0 Å². The Morgan fingerprint density at radius 3 is 2.62 bits per heavy atom. The molecule has 0 atom stereocenters. The molecule has 1 heterocycles. The van der Waals surface area contributed by atoms with Crippen molar-refractivity contribution in [3.8, 4) is 5.75 Å². The van der Waals surface area contributed by atoms with Gasteiger partial charge in [-0.05, 0) is 42.6 Å². The van der Waals surface area contributed by atoms with Gasteiger partial charge in [-0.3, -0.25) is 9.59 Å². The second-order valence-corrected chi connectivity index (χ2v) is 7.37. The number of para-hydroxylation sites is 1. The van der Waals surface area contributed by atoms with Crippen LogP contribution in [-0.2, 0) is 11.3 Å². The van der Waals surface area contributed by atoms with Gasteiger partial charge in [0.1, 0.15) is 11.4 Å². The van der Waals surface area contributed by atoms with Gasteiger partial charge < -0.3 is 15.4 Å². The number of amides is 2. The summed E-state index contributed by atoms with van der Waals surface area (Å²) in [6.07, 6.45) is 1.68. The molecule has 2 N–H and O–H groups in total. The summed E-state index contributed by atoms with van der Waals surface area (Å²) in [5, 5.41) is 7.52. The van der Waals surface area contributed by atoms with Gasteiger partial charge in [0, 0.05) is 22.5 Å². The van der Waals surface area contributed by atoms with Crippen LogP contribution in [0.2, 0.25) is 0 Å². The molecule has 0 aliphatic heterocycles. The lowest BCUT2D eigenvalue weighted by atomic mass is 10.1. The third-order valence-electron chi connectivity index (χ3n) is 4.23. The van der Waals surface area contributed by atoms with Gasteiger partial charge in [-0.1, -0.05) is 42.0 Å². The fraction of sp³-hybridized carbons (Fsp3) is 0.130. The molecule has 3 aromatic rings. The molecule has 0 bridgehead atoms. The van der Waals surface area contributed by atoms with Crippen molar-refractivity contribution in [3.63, 3.8) is 0 Å². The summed E-state index contributed by atoms with van der Waals surface area (Å²) < 4.78 is 5.32. The Morgan fingerprint density at radius 1 is 1.07 bits per heavy atom. The summed E-state index contributed by atoms with van der Waals surface area (Å²) in [6, 6.07) is 18.5. The number of hydrogen-bond donors (Lipinski definition) is 2. The van der Waals surface area contributed by atoms with Gasteiger partial charge in [-0.25, -0.2) is 0 Å². The number of thiophene rings is 1. The Balaban J connectivity index is 1.78. The molecule has 6 heteroatoms. The Bertz CT molecular complexity index is 1030. The summed E-state index contributed by atoms with van der Waals surface area (Å²) in [4.78, 5) is 26.4. The van der Waals surface area contributed by atoms with Crippen LogP contribution in [0, 0.1) is 6.92 Å². The molecule has 1 aromatic heterocycles. The number of rotatable bonds is 7. The molecule has 0 saturated heterocycles. The van der Waals surface area contributed by atoms with Crippen LogP contribution in [0.3, 0.4) is 0 Å². The fourth-order valence-electron chi connectivity index (χ4n) is 2.77. The predicted molar refractivity (Wildman–Crippen MR) is 116 cm³/mol. The summed E-state index contributed by atoms with van der Waals surface area (Å²) in [6.45, 7) is 2.20. The normalized spacial score (nSPS) is 11.0. The second kappa shape index (κ2) is 9.71. The molecule has 2 aromatic carbocycles. The minimum Gasteiger partial charge on any atom is -0.496 e. The molecule has 148 valence electrons. The highest BCUT2D eigenvalue weighted by Crippen LogP contribution is 2.17. The maximum atomic E-state index is 12.8. The summed E-state index contributed by atoms with van der Waals surface area (Å²) in [5.41, 5.74) is 2.51. The first-order chi connectivity index (χ1) is 14.1.